The summed E-state index contributed by atoms with van der Waals surface area (Å²) in [5, 5.41) is 0. The minimum Gasteiger partial charge on any atom is -0.375 e. The van der Waals surface area contributed by atoms with Gasteiger partial charge in [0.25, 0.3) is 0 Å². The van der Waals surface area contributed by atoms with Gasteiger partial charge in [-0.2, -0.15) is 0 Å². The molecular weight excluding hydrogens is 134 g/mol. The molecule has 0 saturated carbocycles. The van der Waals surface area contributed by atoms with Gasteiger partial charge in [-0.3, -0.25) is 0 Å². The molecule has 1 atom stereocenters. The topological polar surface area (TPSA) is 3.24 Å². The summed E-state index contributed by atoms with van der Waals surface area (Å²) in [4.78, 5) is 2.40. The van der Waals surface area contributed by atoms with Gasteiger partial charge in [0.05, 0.1) is 0 Å². The quantitative estimate of drug-likeness (QED) is 0.600. The predicted molar refractivity (Wildman–Crippen MR) is 49.4 cm³/mol. The Morgan fingerprint density at radius 1 is 1.55 bits per heavy atom. The maximum Gasteiger partial charge on any atom is 0.0191 e. The van der Waals surface area contributed by atoms with E-state index < -0.39 is 0 Å². The number of nitrogens with zero attached hydrogens (tertiary/aromatic N) is 1. The van der Waals surface area contributed by atoms with Gasteiger partial charge in [-0.15, -0.1) is 0 Å². The molecule has 1 heterocycles. The highest BCUT2D eigenvalue weighted by atomic mass is 15.2. The van der Waals surface area contributed by atoms with Crippen LogP contribution in [0.3, 0.4) is 0 Å². The van der Waals surface area contributed by atoms with E-state index in [1.165, 1.54) is 38.0 Å². The van der Waals surface area contributed by atoms with Gasteiger partial charge >= 0.3 is 0 Å². The molecule has 1 aliphatic heterocycles. The zero-order chi connectivity index (χ0) is 8.27. The van der Waals surface area contributed by atoms with Gasteiger partial charge < -0.3 is 4.90 Å². The highest BCUT2D eigenvalue weighted by Crippen LogP contribution is 2.22. The van der Waals surface area contributed by atoms with Gasteiger partial charge in [0, 0.05) is 18.8 Å². The lowest BCUT2D eigenvalue weighted by molar-refractivity contribution is 0.212. The summed E-state index contributed by atoms with van der Waals surface area (Å²) in [7, 11) is 0. The lowest BCUT2D eigenvalue weighted by Gasteiger charge is -2.37. The predicted octanol–water partition coefficient (Wildman–Crippen LogP) is 2.64. The average Bonchev–Trinajstić information content (AvgIpc) is 1.84. The van der Waals surface area contributed by atoms with Gasteiger partial charge in [0.1, 0.15) is 0 Å². The van der Waals surface area contributed by atoms with Gasteiger partial charge in [-0.1, -0.05) is 26.8 Å². The lowest BCUT2D eigenvalue weighted by atomic mass is 10.00. The van der Waals surface area contributed by atoms with Crippen LogP contribution in [-0.4, -0.2) is 18.0 Å². The fourth-order valence-electron chi connectivity index (χ4n) is 1.51. The molecule has 0 spiro atoms. The fourth-order valence-corrected chi connectivity index (χ4v) is 1.51. The molecule has 64 valence electrons. The summed E-state index contributed by atoms with van der Waals surface area (Å²) in [6, 6.07) is 0. The molecule has 11 heavy (non-hydrogen) atoms. The van der Waals surface area contributed by atoms with Crippen molar-refractivity contribution < 1.29 is 0 Å². The van der Waals surface area contributed by atoms with Crippen LogP contribution in [-0.2, 0) is 0 Å². The Hall–Kier alpha value is -0.460. The number of allylic oxidation sites excluding steroid dienone is 1. The highest BCUT2D eigenvalue weighted by Gasteiger charge is 2.18. The highest BCUT2D eigenvalue weighted by molar-refractivity contribution is 5.01. The van der Waals surface area contributed by atoms with Crippen molar-refractivity contribution in [1.29, 1.82) is 0 Å². The van der Waals surface area contributed by atoms with Gasteiger partial charge in [-0.05, 0) is 18.8 Å². The first-order valence-corrected chi connectivity index (χ1v) is 4.69. The van der Waals surface area contributed by atoms with Crippen molar-refractivity contribution in [2.24, 2.45) is 5.92 Å². The Labute approximate surface area is 70.1 Å². The minimum atomic E-state index is 0.695. The van der Waals surface area contributed by atoms with E-state index in [9.17, 15) is 0 Å². The molecule has 1 aliphatic rings. The van der Waals surface area contributed by atoms with Crippen molar-refractivity contribution in [3.8, 4) is 0 Å². The number of hydrogen-bond donors (Lipinski definition) is 0. The summed E-state index contributed by atoms with van der Waals surface area (Å²) in [6.07, 6.45) is 3.92. The second kappa shape index (κ2) is 3.80. The molecule has 0 N–H and O–H groups in total. The van der Waals surface area contributed by atoms with E-state index in [2.05, 4.69) is 25.3 Å². The van der Waals surface area contributed by atoms with Gasteiger partial charge in [0.2, 0.25) is 0 Å². The number of rotatable bonds is 4. The second-order valence-corrected chi connectivity index (χ2v) is 3.52. The molecule has 1 saturated heterocycles. The molecule has 0 amide bonds. The second-order valence-electron chi connectivity index (χ2n) is 3.52. The molecule has 1 rings (SSSR count). The summed E-state index contributed by atoms with van der Waals surface area (Å²) in [5.41, 5.74) is 1.36. The lowest BCUT2D eigenvalue weighted by Crippen LogP contribution is -2.37. The maximum absolute atomic E-state index is 4.12. The van der Waals surface area contributed by atoms with Crippen molar-refractivity contribution in [3.63, 3.8) is 0 Å². The molecular formula is C10H19N. The van der Waals surface area contributed by atoms with Crippen LogP contribution in [0.2, 0.25) is 0 Å². The monoisotopic (exact) mass is 153 g/mol. The van der Waals surface area contributed by atoms with E-state index in [1.54, 1.807) is 0 Å². The largest absolute Gasteiger partial charge is 0.375 e. The van der Waals surface area contributed by atoms with Crippen LogP contribution in [0.4, 0.5) is 0 Å². The molecule has 0 aromatic carbocycles. The van der Waals surface area contributed by atoms with Crippen LogP contribution >= 0.6 is 0 Å². The smallest absolute Gasteiger partial charge is 0.0191 e. The Bertz CT molecular complexity index is 136. The van der Waals surface area contributed by atoms with Crippen molar-refractivity contribution >= 4 is 0 Å². The van der Waals surface area contributed by atoms with Crippen LogP contribution in [0.25, 0.3) is 0 Å². The maximum atomic E-state index is 4.12. The van der Waals surface area contributed by atoms with Gasteiger partial charge in [0.15, 0.2) is 0 Å². The van der Waals surface area contributed by atoms with Crippen molar-refractivity contribution in [1.82, 2.24) is 4.90 Å². The van der Waals surface area contributed by atoms with Crippen LogP contribution in [0, 0.1) is 5.92 Å². The van der Waals surface area contributed by atoms with Crippen LogP contribution in [0.5, 0.6) is 0 Å². The average molecular weight is 153 g/mol. The molecule has 1 fully saturated rings. The molecule has 0 aromatic heterocycles. The third-order valence-corrected chi connectivity index (χ3v) is 2.55. The number of likely N-dealkylation sites (tertiary alicyclic amines) is 1. The van der Waals surface area contributed by atoms with Crippen molar-refractivity contribution in [2.45, 2.75) is 33.1 Å². The Morgan fingerprint density at radius 2 is 2.18 bits per heavy atom. The summed E-state index contributed by atoms with van der Waals surface area (Å²) in [6.45, 7) is 11.1. The first-order valence-electron chi connectivity index (χ1n) is 4.69. The zero-order valence-corrected chi connectivity index (χ0v) is 7.77. The van der Waals surface area contributed by atoms with E-state index in [0.29, 0.717) is 5.92 Å². The van der Waals surface area contributed by atoms with Crippen molar-refractivity contribution in [2.75, 3.05) is 13.1 Å². The summed E-state index contributed by atoms with van der Waals surface area (Å²) < 4.78 is 0. The first-order chi connectivity index (χ1) is 5.25. The Kier molecular flexibility index (Phi) is 2.98. The van der Waals surface area contributed by atoms with Crippen LogP contribution in [0.15, 0.2) is 12.3 Å². The molecule has 0 aromatic rings. The number of hydrogen-bond acceptors (Lipinski definition) is 1. The third-order valence-electron chi connectivity index (χ3n) is 2.55. The van der Waals surface area contributed by atoms with E-state index >= 15 is 0 Å². The summed E-state index contributed by atoms with van der Waals surface area (Å²) >= 11 is 0. The molecule has 0 bridgehead atoms. The van der Waals surface area contributed by atoms with Crippen molar-refractivity contribution in [3.05, 3.63) is 12.3 Å². The zero-order valence-electron chi connectivity index (χ0n) is 7.77. The molecule has 1 unspecified atom stereocenters. The molecule has 1 heteroatoms. The third kappa shape index (κ3) is 1.98. The standard InChI is InChI=1S/C10H19N/c1-4-6-9(2)10(3)11-7-5-8-11/h9H,3-8H2,1-2H3. The van der Waals surface area contributed by atoms with E-state index in [4.69, 9.17) is 0 Å². The Morgan fingerprint density at radius 3 is 2.55 bits per heavy atom. The van der Waals surface area contributed by atoms with Crippen LogP contribution in [0.1, 0.15) is 33.1 Å². The van der Waals surface area contributed by atoms with E-state index in [0.717, 1.165) is 0 Å². The van der Waals surface area contributed by atoms with Crippen LogP contribution < -0.4 is 0 Å². The SMILES string of the molecule is C=C(C(C)CCC)N1CCC1. The molecule has 0 aliphatic carbocycles. The first kappa shape index (κ1) is 8.63. The molecule has 1 nitrogen and oxygen atoms in total. The minimum absolute atomic E-state index is 0.695. The Balaban J connectivity index is 2.27. The van der Waals surface area contributed by atoms with E-state index in [1.807, 2.05) is 0 Å². The summed E-state index contributed by atoms with van der Waals surface area (Å²) in [5.74, 6) is 0.695. The normalized spacial score (nSPS) is 19.3. The molecule has 0 radical (unpaired) electrons. The van der Waals surface area contributed by atoms with Gasteiger partial charge in [-0.25, -0.2) is 0 Å². The van der Waals surface area contributed by atoms with E-state index in [-0.39, 0.29) is 0 Å². The fraction of sp³-hybridized carbons (Fsp3) is 0.800.